The Morgan fingerprint density at radius 3 is 2.94 bits per heavy atom. The number of hydrogen-bond donors (Lipinski definition) is 1. The molecule has 1 aromatic rings. The molecule has 0 atom stereocenters. The van der Waals surface area contributed by atoms with Crippen molar-refractivity contribution in [3.8, 4) is 0 Å². The first-order chi connectivity index (χ1) is 8.33. The molecule has 1 heterocycles. The Bertz CT molecular complexity index is 433. The van der Waals surface area contributed by atoms with Crippen molar-refractivity contribution in [1.29, 1.82) is 0 Å². The molecule has 0 saturated heterocycles. The number of ketones is 1. The standard InChI is InChI=1S/C15H19NO/c17-15(9-11-3-1-2-4-11)13-6-5-12-7-8-16-14(12)10-13/h5-6,10-11,16H,1-4,7-9H2. The van der Waals surface area contributed by atoms with Crippen molar-refractivity contribution in [2.75, 3.05) is 11.9 Å². The lowest BCUT2D eigenvalue weighted by atomic mass is 9.96. The van der Waals surface area contributed by atoms with Crippen molar-refractivity contribution in [2.24, 2.45) is 5.92 Å². The first kappa shape index (κ1) is 10.8. The highest BCUT2D eigenvalue weighted by molar-refractivity contribution is 5.97. The number of fused-ring (bicyclic) bond motifs is 1. The van der Waals surface area contributed by atoms with Gasteiger partial charge in [-0.1, -0.05) is 37.8 Å². The smallest absolute Gasteiger partial charge is 0.163 e. The summed E-state index contributed by atoms with van der Waals surface area (Å²) in [5.74, 6) is 0.970. The van der Waals surface area contributed by atoms with Crippen LogP contribution in [0, 0.1) is 5.92 Å². The van der Waals surface area contributed by atoms with Gasteiger partial charge >= 0.3 is 0 Å². The van der Waals surface area contributed by atoms with Gasteiger partial charge < -0.3 is 5.32 Å². The summed E-state index contributed by atoms with van der Waals surface area (Å²) in [4.78, 5) is 12.2. The molecule has 90 valence electrons. The van der Waals surface area contributed by atoms with E-state index >= 15 is 0 Å². The van der Waals surface area contributed by atoms with E-state index in [1.54, 1.807) is 0 Å². The topological polar surface area (TPSA) is 29.1 Å². The lowest BCUT2D eigenvalue weighted by molar-refractivity contribution is 0.0962. The van der Waals surface area contributed by atoms with Gasteiger partial charge in [-0.25, -0.2) is 0 Å². The van der Waals surface area contributed by atoms with Crippen LogP contribution < -0.4 is 5.32 Å². The highest BCUT2D eigenvalue weighted by Gasteiger charge is 2.20. The normalized spacial score (nSPS) is 19.1. The van der Waals surface area contributed by atoms with Crippen LogP contribution in [0.3, 0.4) is 0 Å². The number of anilines is 1. The molecular formula is C15H19NO. The molecule has 0 radical (unpaired) electrons. The summed E-state index contributed by atoms with van der Waals surface area (Å²) in [6.07, 6.45) is 6.95. The van der Waals surface area contributed by atoms with Gasteiger partial charge in [-0.2, -0.15) is 0 Å². The Morgan fingerprint density at radius 1 is 1.29 bits per heavy atom. The Kier molecular flexibility index (Phi) is 2.87. The van der Waals surface area contributed by atoms with E-state index < -0.39 is 0 Å². The van der Waals surface area contributed by atoms with Crippen molar-refractivity contribution in [2.45, 2.75) is 38.5 Å². The zero-order valence-corrected chi connectivity index (χ0v) is 10.2. The highest BCUT2D eigenvalue weighted by atomic mass is 16.1. The predicted octanol–water partition coefficient (Wildman–Crippen LogP) is 3.42. The molecule has 17 heavy (non-hydrogen) atoms. The number of nitrogens with one attached hydrogen (secondary N) is 1. The molecule has 2 heteroatoms. The summed E-state index contributed by atoms with van der Waals surface area (Å²) in [7, 11) is 0. The summed E-state index contributed by atoms with van der Waals surface area (Å²) in [6.45, 7) is 1.01. The molecule has 0 aromatic heterocycles. The molecule has 0 amide bonds. The molecule has 1 aromatic carbocycles. The Morgan fingerprint density at radius 2 is 2.12 bits per heavy atom. The van der Waals surface area contributed by atoms with Gasteiger partial charge in [0.05, 0.1) is 0 Å². The number of carbonyl (C=O) groups is 1. The lowest BCUT2D eigenvalue weighted by Crippen LogP contribution is -2.06. The first-order valence-corrected chi connectivity index (χ1v) is 6.73. The van der Waals surface area contributed by atoms with Gasteiger partial charge in [0.25, 0.3) is 0 Å². The average Bonchev–Trinajstić information content (AvgIpc) is 2.97. The van der Waals surface area contributed by atoms with Gasteiger partial charge in [0.15, 0.2) is 5.78 Å². The van der Waals surface area contributed by atoms with Crippen LogP contribution in [0.4, 0.5) is 5.69 Å². The van der Waals surface area contributed by atoms with E-state index in [-0.39, 0.29) is 0 Å². The molecule has 1 N–H and O–H groups in total. The van der Waals surface area contributed by atoms with Gasteiger partial charge in [-0.15, -0.1) is 0 Å². The third kappa shape index (κ3) is 2.21. The van der Waals surface area contributed by atoms with Crippen LogP contribution >= 0.6 is 0 Å². The lowest BCUT2D eigenvalue weighted by Gasteiger charge is -2.09. The van der Waals surface area contributed by atoms with E-state index in [9.17, 15) is 4.79 Å². The maximum atomic E-state index is 12.2. The summed E-state index contributed by atoms with van der Waals surface area (Å²) in [5.41, 5.74) is 3.41. The zero-order valence-electron chi connectivity index (χ0n) is 10.2. The summed E-state index contributed by atoms with van der Waals surface area (Å²) >= 11 is 0. The zero-order chi connectivity index (χ0) is 11.7. The van der Waals surface area contributed by atoms with Gasteiger partial charge in [-0.05, 0) is 24.0 Å². The van der Waals surface area contributed by atoms with Crippen molar-refractivity contribution in [3.63, 3.8) is 0 Å². The third-order valence-electron chi connectivity index (χ3n) is 4.09. The number of carbonyl (C=O) groups excluding carboxylic acids is 1. The van der Waals surface area contributed by atoms with Gasteiger partial charge in [-0.3, -0.25) is 4.79 Å². The Labute approximate surface area is 102 Å². The van der Waals surface area contributed by atoms with Gasteiger partial charge in [0, 0.05) is 24.2 Å². The van der Waals surface area contributed by atoms with Crippen LogP contribution in [0.15, 0.2) is 18.2 Å². The summed E-state index contributed by atoms with van der Waals surface area (Å²) in [6, 6.07) is 6.15. The maximum Gasteiger partial charge on any atom is 0.163 e. The van der Waals surface area contributed by atoms with E-state index in [0.717, 1.165) is 24.9 Å². The molecule has 2 nitrogen and oxygen atoms in total. The first-order valence-electron chi connectivity index (χ1n) is 6.73. The van der Waals surface area contributed by atoms with E-state index in [1.807, 2.05) is 12.1 Å². The summed E-state index contributed by atoms with van der Waals surface area (Å²) < 4.78 is 0. The molecule has 0 spiro atoms. The fraction of sp³-hybridized carbons (Fsp3) is 0.533. The Balaban J connectivity index is 1.72. The van der Waals surface area contributed by atoms with Crippen LogP contribution in [-0.2, 0) is 6.42 Å². The third-order valence-corrected chi connectivity index (χ3v) is 4.09. The maximum absolute atomic E-state index is 12.2. The highest BCUT2D eigenvalue weighted by Crippen LogP contribution is 2.30. The second-order valence-electron chi connectivity index (χ2n) is 5.33. The number of Topliss-reactive ketones (excluding diaryl/α,β-unsaturated/α-hetero) is 1. The second-order valence-corrected chi connectivity index (χ2v) is 5.33. The molecule has 2 aliphatic rings. The Hall–Kier alpha value is -1.31. The van der Waals surface area contributed by atoms with Gasteiger partial charge in [0.1, 0.15) is 0 Å². The molecule has 0 unspecified atom stereocenters. The molecule has 1 saturated carbocycles. The quantitative estimate of drug-likeness (QED) is 0.805. The second kappa shape index (κ2) is 4.52. The minimum atomic E-state index is 0.327. The summed E-state index contributed by atoms with van der Waals surface area (Å²) in [5, 5.41) is 3.34. The number of rotatable bonds is 3. The van der Waals surface area contributed by atoms with Gasteiger partial charge in [0.2, 0.25) is 0 Å². The molecule has 1 aliphatic heterocycles. The van der Waals surface area contributed by atoms with E-state index in [0.29, 0.717) is 11.7 Å². The molecule has 0 bridgehead atoms. The fourth-order valence-electron chi connectivity index (χ4n) is 3.06. The predicted molar refractivity (Wildman–Crippen MR) is 69.5 cm³/mol. The largest absolute Gasteiger partial charge is 0.384 e. The average molecular weight is 229 g/mol. The SMILES string of the molecule is O=C(CC1CCCC1)c1ccc2c(c1)NCC2. The molecule has 1 aliphatic carbocycles. The van der Waals surface area contributed by atoms with E-state index in [4.69, 9.17) is 0 Å². The minimum absolute atomic E-state index is 0.327. The van der Waals surface area contributed by atoms with E-state index in [1.165, 1.54) is 36.9 Å². The number of benzene rings is 1. The fourth-order valence-corrected chi connectivity index (χ4v) is 3.06. The van der Waals surface area contributed by atoms with Crippen LogP contribution in [0.1, 0.15) is 48.0 Å². The molecule has 3 rings (SSSR count). The van der Waals surface area contributed by atoms with Crippen LogP contribution in [0.25, 0.3) is 0 Å². The molecule has 1 fully saturated rings. The molecular weight excluding hydrogens is 210 g/mol. The van der Waals surface area contributed by atoms with Crippen molar-refractivity contribution < 1.29 is 4.79 Å². The van der Waals surface area contributed by atoms with Crippen LogP contribution in [0.5, 0.6) is 0 Å². The van der Waals surface area contributed by atoms with Crippen molar-refractivity contribution in [3.05, 3.63) is 29.3 Å². The van der Waals surface area contributed by atoms with Crippen molar-refractivity contribution in [1.82, 2.24) is 0 Å². The monoisotopic (exact) mass is 229 g/mol. The minimum Gasteiger partial charge on any atom is -0.384 e. The van der Waals surface area contributed by atoms with Crippen LogP contribution in [0.2, 0.25) is 0 Å². The van der Waals surface area contributed by atoms with Crippen molar-refractivity contribution >= 4 is 11.5 Å². The number of hydrogen-bond acceptors (Lipinski definition) is 2. The van der Waals surface area contributed by atoms with E-state index in [2.05, 4.69) is 11.4 Å². The van der Waals surface area contributed by atoms with Crippen LogP contribution in [-0.4, -0.2) is 12.3 Å².